The number of Topliss-reactive ketones (excluding diaryl/α,β-unsaturated/α-hetero) is 1. The summed E-state index contributed by atoms with van der Waals surface area (Å²) >= 11 is 0. The SMILES string of the molecule is CC(=O)OC[C@@]12CC(=O)[C@@H]([CH-]O1)[C@@H]2OC(C)=O.[U]. The Hall–Kier alpha value is -0.378. The maximum Gasteiger partial charge on any atom is 0.302 e. The van der Waals surface area contributed by atoms with Crippen LogP contribution in [0.25, 0.3) is 0 Å². The van der Waals surface area contributed by atoms with Gasteiger partial charge in [0.15, 0.2) is 0 Å². The Kier molecular flexibility index (Phi) is 4.99. The van der Waals surface area contributed by atoms with Gasteiger partial charge in [0.1, 0.15) is 24.1 Å². The number of hydrogen-bond donors (Lipinski definition) is 0. The van der Waals surface area contributed by atoms with Gasteiger partial charge < -0.3 is 19.0 Å². The second kappa shape index (κ2) is 5.72. The standard InChI is InChI=1S/C11H13O6.U/c1-6(12)15-5-11-3-9(14)8(4-16-11)10(11)17-7(2)13;/h4,8,10H,3,5H2,1-2H3;/q-1;/t8-,10+,11-;/m1./s1. The van der Waals surface area contributed by atoms with Crippen molar-refractivity contribution in [2.45, 2.75) is 32.0 Å². The van der Waals surface area contributed by atoms with Crippen LogP contribution >= 0.6 is 0 Å². The summed E-state index contributed by atoms with van der Waals surface area (Å²) in [7, 11) is 0. The van der Waals surface area contributed by atoms with Crippen LogP contribution in [0, 0.1) is 43.6 Å². The first-order valence-corrected chi connectivity index (χ1v) is 5.29. The first-order valence-electron chi connectivity index (χ1n) is 5.29. The zero-order valence-corrected chi connectivity index (χ0v) is 14.3. The summed E-state index contributed by atoms with van der Waals surface area (Å²) in [5.74, 6) is -1.56. The topological polar surface area (TPSA) is 78.9 Å². The van der Waals surface area contributed by atoms with Crippen LogP contribution in [0.5, 0.6) is 0 Å². The Labute approximate surface area is 128 Å². The van der Waals surface area contributed by atoms with E-state index < -0.39 is 29.6 Å². The summed E-state index contributed by atoms with van der Waals surface area (Å²) in [6.07, 6.45) is -0.591. The molecule has 2 bridgehead atoms. The summed E-state index contributed by atoms with van der Waals surface area (Å²) in [5, 5.41) is 0. The molecule has 7 heteroatoms. The molecule has 1 aliphatic heterocycles. The Morgan fingerprint density at radius 3 is 2.61 bits per heavy atom. The van der Waals surface area contributed by atoms with Gasteiger partial charge in [-0.25, -0.2) is 0 Å². The van der Waals surface area contributed by atoms with E-state index in [1.54, 1.807) is 0 Å². The van der Waals surface area contributed by atoms with Crippen LogP contribution in [0.3, 0.4) is 0 Å². The minimum atomic E-state index is -1.03. The number of carbonyl (C=O) groups excluding carboxylic acids is 3. The van der Waals surface area contributed by atoms with E-state index in [1.165, 1.54) is 20.5 Å². The van der Waals surface area contributed by atoms with Crippen molar-refractivity contribution in [3.05, 3.63) is 6.61 Å². The van der Waals surface area contributed by atoms with Gasteiger partial charge in [0, 0.05) is 51.4 Å². The van der Waals surface area contributed by atoms with Crippen molar-refractivity contribution in [2.24, 2.45) is 5.92 Å². The van der Waals surface area contributed by atoms with E-state index in [0.717, 1.165) is 0 Å². The molecule has 0 aromatic heterocycles. The molecular formula is C11H13O6U-. The van der Waals surface area contributed by atoms with Crippen molar-refractivity contribution in [3.8, 4) is 0 Å². The van der Waals surface area contributed by atoms with Crippen LogP contribution in [-0.2, 0) is 28.6 Å². The van der Waals surface area contributed by atoms with E-state index in [9.17, 15) is 14.4 Å². The van der Waals surface area contributed by atoms with Crippen molar-refractivity contribution in [3.63, 3.8) is 0 Å². The van der Waals surface area contributed by atoms with Gasteiger partial charge in [0.05, 0.1) is 0 Å². The maximum absolute atomic E-state index is 11.6. The van der Waals surface area contributed by atoms with E-state index in [2.05, 4.69) is 0 Å². The Balaban J connectivity index is 0.00000162. The smallest absolute Gasteiger partial charge is 0.302 e. The molecule has 0 spiro atoms. The number of fused-ring (bicyclic) bond motifs is 2. The molecule has 0 radical (unpaired) electrons. The first kappa shape index (κ1) is 15.7. The van der Waals surface area contributed by atoms with E-state index in [1.807, 2.05) is 0 Å². The molecule has 1 saturated carbocycles. The Bertz CT molecular complexity index is 382. The second-order valence-electron chi connectivity index (χ2n) is 4.30. The van der Waals surface area contributed by atoms with E-state index >= 15 is 0 Å². The van der Waals surface area contributed by atoms with Crippen LogP contribution in [-0.4, -0.2) is 36.0 Å². The molecule has 1 aliphatic carbocycles. The number of hydrogen-bond acceptors (Lipinski definition) is 6. The first-order chi connectivity index (χ1) is 7.94. The number of carbonyl (C=O) groups is 3. The molecule has 0 amide bonds. The fourth-order valence-electron chi connectivity index (χ4n) is 2.22. The van der Waals surface area contributed by atoms with Crippen LogP contribution in [0.2, 0.25) is 0 Å². The van der Waals surface area contributed by atoms with E-state index in [0.29, 0.717) is 0 Å². The maximum atomic E-state index is 11.6. The van der Waals surface area contributed by atoms with Gasteiger partial charge in [-0.2, -0.15) is 6.61 Å². The second-order valence-corrected chi connectivity index (χ2v) is 4.30. The molecule has 0 N–H and O–H groups in total. The molecule has 0 unspecified atom stereocenters. The van der Waals surface area contributed by atoms with Crippen LogP contribution in [0.15, 0.2) is 0 Å². The number of esters is 2. The molecule has 0 aromatic rings. The largest absolute Gasteiger partial charge is 0.541 e. The fraction of sp³-hybridized carbons (Fsp3) is 0.636. The molecule has 0 aromatic carbocycles. The zero-order valence-electron chi connectivity index (χ0n) is 10.1. The number of rotatable bonds is 3. The molecule has 2 fully saturated rings. The normalized spacial score (nSPS) is 32.9. The molecule has 98 valence electrons. The number of ketones is 1. The van der Waals surface area contributed by atoms with Gasteiger partial charge in [0.25, 0.3) is 0 Å². The van der Waals surface area contributed by atoms with Crippen molar-refractivity contribution >= 4 is 17.7 Å². The summed E-state index contributed by atoms with van der Waals surface area (Å²) in [6, 6.07) is 0. The van der Waals surface area contributed by atoms with Gasteiger partial charge in [-0.15, -0.1) is 0 Å². The average molecular weight is 479 g/mol. The minimum absolute atomic E-state index is 0. The number of ether oxygens (including phenoxy) is 3. The van der Waals surface area contributed by atoms with E-state index in [-0.39, 0.29) is 49.9 Å². The Morgan fingerprint density at radius 2 is 2.11 bits per heavy atom. The fourth-order valence-corrected chi connectivity index (χ4v) is 2.22. The Morgan fingerprint density at radius 1 is 1.44 bits per heavy atom. The third kappa shape index (κ3) is 2.79. The summed E-state index contributed by atoms with van der Waals surface area (Å²) in [6.45, 7) is 3.81. The van der Waals surface area contributed by atoms with Gasteiger partial charge in [-0.3, -0.25) is 9.59 Å². The minimum Gasteiger partial charge on any atom is -0.541 e. The predicted molar refractivity (Wildman–Crippen MR) is 53.4 cm³/mol. The summed E-state index contributed by atoms with van der Waals surface area (Å²) in [5.41, 5.74) is -1.03. The monoisotopic (exact) mass is 479 g/mol. The van der Waals surface area contributed by atoms with Crippen molar-refractivity contribution < 1.29 is 59.7 Å². The average Bonchev–Trinajstić information content (AvgIpc) is 2.67. The van der Waals surface area contributed by atoms with Crippen LogP contribution < -0.4 is 0 Å². The molecule has 6 nitrogen and oxygen atoms in total. The predicted octanol–water partition coefficient (Wildman–Crippen LogP) is 0.000990. The van der Waals surface area contributed by atoms with Gasteiger partial charge in [-0.1, -0.05) is 0 Å². The third-order valence-electron chi connectivity index (χ3n) is 2.95. The van der Waals surface area contributed by atoms with Crippen molar-refractivity contribution in [1.29, 1.82) is 0 Å². The molecular weight excluding hydrogens is 466 g/mol. The van der Waals surface area contributed by atoms with Gasteiger partial charge in [-0.05, 0) is 5.92 Å². The molecule has 2 rings (SSSR count). The van der Waals surface area contributed by atoms with Crippen molar-refractivity contribution in [1.82, 2.24) is 0 Å². The molecule has 18 heavy (non-hydrogen) atoms. The molecule has 3 atom stereocenters. The quantitative estimate of drug-likeness (QED) is 0.419. The third-order valence-corrected chi connectivity index (χ3v) is 2.95. The summed E-state index contributed by atoms with van der Waals surface area (Å²) < 4.78 is 15.3. The zero-order chi connectivity index (χ0) is 12.6. The van der Waals surface area contributed by atoms with Gasteiger partial charge in [0.2, 0.25) is 0 Å². The van der Waals surface area contributed by atoms with Gasteiger partial charge >= 0.3 is 11.9 Å². The molecule has 1 heterocycles. The summed E-state index contributed by atoms with van der Waals surface area (Å²) in [4.78, 5) is 33.4. The molecule has 2 aliphatic rings. The van der Waals surface area contributed by atoms with Crippen LogP contribution in [0.1, 0.15) is 20.3 Å². The van der Waals surface area contributed by atoms with Crippen LogP contribution in [0.4, 0.5) is 0 Å². The molecule has 1 saturated heterocycles. The van der Waals surface area contributed by atoms with Crippen molar-refractivity contribution in [2.75, 3.05) is 6.61 Å². The van der Waals surface area contributed by atoms with E-state index in [4.69, 9.17) is 14.2 Å².